The van der Waals surface area contributed by atoms with E-state index in [2.05, 4.69) is 4.99 Å². The van der Waals surface area contributed by atoms with Crippen molar-refractivity contribution in [3.8, 4) is 11.5 Å². The van der Waals surface area contributed by atoms with E-state index in [1.54, 1.807) is 36.5 Å². The fourth-order valence-electron chi connectivity index (χ4n) is 2.60. The molecule has 2 aromatic carbocycles. The minimum atomic E-state index is -0.334. The van der Waals surface area contributed by atoms with Crippen LogP contribution < -0.4 is 9.64 Å². The Morgan fingerprint density at radius 1 is 1.31 bits per heavy atom. The molecule has 0 aliphatic rings. The van der Waals surface area contributed by atoms with E-state index in [0.29, 0.717) is 35.1 Å². The Morgan fingerprint density at radius 2 is 2.08 bits per heavy atom. The van der Waals surface area contributed by atoms with Crippen LogP contribution in [0.1, 0.15) is 30.5 Å². The molecule has 4 nitrogen and oxygen atoms in total. The number of quaternary nitrogens is 1. The van der Waals surface area contributed by atoms with Gasteiger partial charge in [-0.2, -0.15) is 0 Å². The molecule has 0 radical (unpaired) electrons. The van der Waals surface area contributed by atoms with Crippen molar-refractivity contribution in [2.45, 2.75) is 19.4 Å². The highest BCUT2D eigenvalue weighted by atomic mass is 35.5. The number of halogens is 2. The first-order valence-corrected chi connectivity index (χ1v) is 9.01. The quantitative estimate of drug-likeness (QED) is 0.691. The van der Waals surface area contributed by atoms with Gasteiger partial charge in [0.05, 0.1) is 37.8 Å². The van der Waals surface area contributed by atoms with Gasteiger partial charge in [-0.1, -0.05) is 24.6 Å². The summed E-state index contributed by atoms with van der Waals surface area (Å²) in [6.45, 7) is 2.96. The van der Waals surface area contributed by atoms with Crippen LogP contribution >= 0.6 is 11.6 Å². The molecule has 0 fully saturated rings. The molecule has 0 aliphatic heterocycles. The van der Waals surface area contributed by atoms with Crippen molar-refractivity contribution in [2.75, 3.05) is 27.2 Å². The number of benzene rings is 2. The third-order valence-electron chi connectivity index (χ3n) is 4.04. The van der Waals surface area contributed by atoms with E-state index in [1.165, 1.54) is 6.07 Å². The number of nitrogens with zero attached hydrogens (tertiary/aromatic N) is 1. The van der Waals surface area contributed by atoms with Crippen molar-refractivity contribution in [1.82, 2.24) is 0 Å². The zero-order valence-corrected chi connectivity index (χ0v) is 16.1. The molecule has 2 N–H and O–H groups in total. The first kappa shape index (κ1) is 20.2. The monoisotopic (exact) mass is 379 g/mol. The summed E-state index contributed by atoms with van der Waals surface area (Å²) in [4.78, 5) is 5.42. The van der Waals surface area contributed by atoms with E-state index >= 15 is 0 Å². The van der Waals surface area contributed by atoms with Crippen molar-refractivity contribution in [2.24, 2.45) is 4.99 Å². The predicted octanol–water partition coefficient (Wildman–Crippen LogP) is 3.28. The highest BCUT2D eigenvalue weighted by molar-refractivity contribution is 6.31. The molecule has 1 atom stereocenters. The third kappa shape index (κ3) is 5.19. The minimum Gasteiger partial charge on any atom is -0.507 e. The molecule has 26 heavy (non-hydrogen) atoms. The molecule has 0 saturated carbocycles. The molecule has 0 aromatic heterocycles. The number of likely N-dealkylation sites (N-methyl/N-ethyl adjacent to an activating group) is 1. The molecular formula is C20H25ClFN2O2+. The average Bonchev–Trinajstić information content (AvgIpc) is 2.59. The van der Waals surface area contributed by atoms with Gasteiger partial charge in [0.1, 0.15) is 23.4 Å². The summed E-state index contributed by atoms with van der Waals surface area (Å²) < 4.78 is 19.7. The maximum Gasteiger partial charge on any atom is 0.137 e. The maximum atomic E-state index is 14.2. The number of ether oxygens (including phenoxy) is 1. The van der Waals surface area contributed by atoms with Gasteiger partial charge in [-0.25, -0.2) is 4.39 Å². The number of hydrogen-bond donors (Lipinski definition) is 2. The van der Waals surface area contributed by atoms with Gasteiger partial charge >= 0.3 is 0 Å². The molecule has 0 amide bonds. The van der Waals surface area contributed by atoms with E-state index in [9.17, 15) is 9.50 Å². The van der Waals surface area contributed by atoms with Gasteiger partial charge < -0.3 is 14.7 Å². The Hall–Kier alpha value is -2.11. The van der Waals surface area contributed by atoms with E-state index < -0.39 is 0 Å². The first-order chi connectivity index (χ1) is 12.4. The second-order valence-electron chi connectivity index (χ2n) is 6.33. The molecule has 0 spiro atoms. The molecule has 0 unspecified atom stereocenters. The number of aliphatic imine (C=N–C) groups is 1. The van der Waals surface area contributed by atoms with Crippen LogP contribution in [0, 0.1) is 5.82 Å². The number of phenolic OH excluding ortho intramolecular Hbond substituents is 1. The molecule has 140 valence electrons. The second-order valence-corrected chi connectivity index (χ2v) is 6.74. The minimum absolute atomic E-state index is 0.0972. The number of rotatable bonds is 8. The zero-order chi connectivity index (χ0) is 19.1. The smallest absolute Gasteiger partial charge is 0.137 e. The van der Waals surface area contributed by atoms with Gasteiger partial charge in [0.2, 0.25) is 0 Å². The first-order valence-electron chi connectivity index (χ1n) is 8.63. The number of aromatic hydroxyl groups is 1. The standard InChI is InChI=1S/C20H24ClFN2O2/c1-4-10-26-15-9-8-14(19(25)11-15)12-23-13-18(24(2)3)20-16(21)6-5-7-17(20)22/h5-9,11-12,18,25H,4,10,13H2,1-3H3/p+1/t18-/m1/s1. The van der Waals surface area contributed by atoms with Crippen LogP contribution in [0.5, 0.6) is 11.5 Å². The fraction of sp³-hybridized carbons (Fsp3) is 0.350. The van der Waals surface area contributed by atoms with Crippen molar-refractivity contribution in [1.29, 1.82) is 0 Å². The summed E-state index contributed by atoms with van der Waals surface area (Å²) in [7, 11) is 3.86. The normalized spacial score (nSPS) is 12.7. The van der Waals surface area contributed by atoms with Crippen LogP contribution in [0.2, 0.25) is 5.02 Å². The van der Waals surface area contributed by atoms with E-state index in [4.69, 9.17) is 16.3 Å². The van der Waals surface area contributed by atoms with Gasteiger partial charge in [-0.3, -0.25) is 4.99 Å². The van der Waals surface area contributed by atoms with Crippen LogP contribution in [0.3, 0.4) is 0 Å². The van der Waals surface area contributed by atoms with Crippen LogP contribution in [0.4, 0.5) is 4.39 Å². The Bertz CT molecular complexity index is 745. The second kappa shape index (κ2) is 9.55. The molecular weight excluding hydrogens is 355 g/mol. The lowest BCUT2D eigenvalue weighted by Gasteiger charge is -2.21. The molecule has 0 aliphatic carbocycles. The fourth-order valence-corrected chi connectivity index (χ4v) is 2.90. The Labute approximate surface area is 158 Å². The van der Waals surface area contributed by atoms with E-state index in [1.807, 2.05) is 21.0 Å². The van der Waals surface area contributed by atoms with Gasteiger partial charge in [0.25, 0.3) is 0 Å². The summed E-state index contributed by atoms with van der Waals surface area (Å²) in [6, 6.07) is 9.56. The molecule has 0 bridgehead atoms. The highest BCUT2D eigenvalue weighted by Crippen LogP contribution is 2.25. The maximum absolute atomic E-state index is 14.2. The van der Waals surface area contributed by atoms with Gasteiger partial charge in [-0.05, 0) is 30.7 Å². The predicted molar refractivity (Wildman–Crippen MR) is 103 cm³/mol. The van der Waals surface area contributed by atoms with Crippen LogP contribution in [0.25, 0.3) is 0 Å². The SMILES string of the molecule is CCCOc1ccc(C=NC[C@H](c2c(F)cccc2Cl)[NH+](C)C)c(O)c1. The Kier molecular flexibility index (Phi) is 7.42. The lowest BCUT2D eigenvalue weighted by molar-refractivity contribution is -0.890. The van der Waals surface area contributed by atoms with Crippen LogP contribution in [-0.4, -0.2) is 38.6 Å². The van der Waals surface area contributed by atoms with Crippen LogP contribution in [-0.2, 0) is 0 Å². The number of hydrogen-bond acceptors (Lipinski definition) is 3. The van der Waals surface area contributed by atoms with Crippen molar-refractivity contribution in [3.05, 3.63) is 58.4 Å². The summed E-state index contributed by atoms with van der Waals surface area (Å²) >= 11 is 6.19. The van der Waals surface area contributed by atoms with Crippen molar-refractivity contribution in [3.63, 3.8) is 0 Å². The Balaban J connectivity index is 2.14. The van der Waals surface area contributed by atoms with Gasteiger partial charge in [0.15, 0.2) is 0 Å². The molecule has 0 saturated heterocycles. The topological polar surface area (TPSA) is 46.3 Å². The summed E-state index contributed by atoms with van der Waals surface area (Å²) in [5.41, 5.74) is 1.04. The summed E-state index contributed by atoms with van der Waals surface area (Å²) in [5.74, 6) is 0.384. The van der Waals surface area contributed by atoms with Gasteiger partial charge in [-0.15, -0.1) is 0 Å². The zero-order valence-electron chi connectivity index (χ0n) is 15.3. The molecule has 6 heteroatoms. The molecule has 2 aromatic rings. The van der Waals surface area contributed by atoms with Crippen molar-refractivity contribution < 1.29 is 19.1 Å². The molecule has 0 heterocycles. The number of phenols is 1. The largest absolute Gasteiger partial charge is 0.507 e. The summed E-state index contributed by atoms with van der Waals surface area (Å²) in [6.07, 6.45) is 2.49. The molecule has 2 rings (SSSR count). The van der Waals surface area contributed by atoms with E-state index in [-0.39, 0.29) is 17.6 Å². The van der Waals surface area contributed by atoms with Gasteiger partial charge in [0, 0.05) is 17.8 Å². The highest BCUT2D eigenvalue weighted by Gasteiger charge is 2.23. The van der Waals surface area contributed by atoms with Crippen molar-refractivity contribution >= 4 is 17.8 Å². The third-order valence-corrected chi connectivity index (χ3v) is 4.37. The van der Waals surface area contributed by atoms with E-state index in [0.717, 1.165) is 11.3 Å². The number of nitrogens with one attached hydrogen (secondary N) is 1. The lowest BCUT2D eigenvalue weighted by Crippen LogP contribution is -3.06. The van der Waals surface area contributed by atoms with Crippen LogP contribution in [0.15, 0.2) is 41.4 Å². The average molecular weight is 380 g/mol. The summed E-state index contributed by atoms with van der Waals surface area (Å²) in [5, 5.41) is 10.5. The Morgan fingerprint density at radius 3 is 2.69 bits per heavy atom. The lowest BCUT2D eigenvalue weighted by atomic mass is 10.1.